The molecule has 218 valence electrons. The van der Waals surface area contributed by atoms with Gasteiger partial charge < -0.3 is 30.5 Å². The van der Waals surface area contributed by atoms with Crippen molar-refractivity contribution in [1.82, 2.24) is 19.6 Å². The van der Waals surface area contributed by atoms with Crippen LogP contribution in [0.3, 0.4) is 0 Å². The summed E-state index contributed by atoms with van der Waals surface area (Å²) in [5, 5.41) is 27.0. The molecule has 4 N–H and O–H groups in total. The largest absolute Gasteiger partial charge is 0.380 e. The van der Waals surface area contributed by atoms with E-state index in [1.807, 2.05) is 6.07 Å². The standard InChI is InChI=1S/C29H30F2N8O3/c1-17-13-38(14-22(33)27(17)42-8-2-6-32)25-5-7-34-12-24(25)36-28-35-11-19-3-4-23(37-39(19)28)26-20(30)9-18(10-21(26)31)29(40)15-41-16-29/h3-5,7,9-12,17,22,27,40H,2,8,13-16,33H2,1H3,(H,35,36). The summed E-state index contributed by atoms with van der Waals surface area (Å²) >= 11 is 0. The van der Waals surface area contributed by atoms with Crippen molar-refractivity contribution in [2.24, 2.45) is 11.7 Å². The highest BCUT2D eigenvalue weighted by molar-refractivity contribution is 5.74. The molecule has 2 aliphatic rings. The molecule has 5 heterocycles. The first-order chi connectivity index (χ1) is 20.3. The quantitative estimate of drug-likeness (QED) is 0.267. The Bertz CT molecular complexity index is 1620. The summed E-state index contributed by atoms with van der Waals surface area (Å²) in [4.78, 5) is 10.9. The van der Waals surface area contributed by atoms with Crippen molar-refractivity contribution >= 4 is 22.8 Å². The number of imidazole rings is 1. The van der Waals surface area contributed by atoms with E-state index in [0.717, 1.165) is 17.8 Å². The van der Waals surface area contributed by atoms with Crippen molar-refractivity contribution in [1.29, 1.82) is 5.26 Å². The van der Waals surface area contributed by atoms with Crippen LogP contribution >= 0.6 is 0 Å². The van der Waals surface area contributed by atoms with Gasteiger partial charge >= 0.3 is 0 Å². The average Bonchev–Trinajstić information content (AvgIpc) is 3.35. The van der Waals surface area contributed by atoms with Gasteiger partial charge in [0, 0.05) is 31.2 Å². The first-order valence-electron chi connectivity index (χ1n) is 13.6. The molecule has 11 nitrogen and oxygen atoms in total. The first kappa shape index (κ1) is 27.9. The lowest BCUT2D eigenvalue weighted by Crippen LogP contribution is -2.56. The maximum Gasteiger partial charge on any atom is 0.229 e. The van der Waals surface area contributed by atoms with E-state index in [0.29, 0.717) is 43.3 Å². The van der Waals surface area contributed by atoms with Gasteiger partial charge in [-0.3, -0.25) is 4.98 Å². The molecule has 0 radical (unpaired) electrons. The average molecular weight is 577 g/mol. The third-order valence-electron chi connectivity index (χ3n) is 7.73. The zero-order chi connectivity index (χ0) is 29.4. The molecule has 3 unspecified atom stereocenters. The summed E-state index contributed by atoms with van der Waals surface area (Å²) in [6, 6.07) is 9.12. The van der Waals surface area contributed by atoms with Crippen LogP contribution < -0.4 is 16.0 Å². The zero-order valence-electron chi connectivity index (χ0n) is 22.9. The van der Waals surface area contributed by atoms with Crippen LogP contribution in [0.1, 0.15) is 18.9 Å². The Labute approximate surface area is 240 Å². The van der Waals surface area contributed by atoms with Crippen LogP contribution in [0.5, 0.6) is 0 Å². The smallest absolute Gasteiger partial charge is 0.229 e. The van der Waals surface area contributed by atoms with Crippen molar-refractivity contribution in [2.45, 2.75) is 31.1 Å². The van der Waals surface area contributed by atoms with Crippen molar-refractivity contribution in [2.75, 3.05) is 43.1 Å². The highest BCUT2D eigenvalue weighted by Crippen LogP contribution is 2.35. The number of piperidine rings is 1. The molecule has 0 aliphatic carbocycles. The number of nitriles is 1. The van der Waals surface area contributed by atoms with Crippen molar-refractivity contribution in [3.63, 3.8) is 0 Å². The van der Waals surface area contributed by atoms with Crippen LogP contribution in [-0.2, 0) is 15.1 Å². The Kier molecular flexibility index (Phi) is 7.46. The van der Waals surface area contributed by atoms with Crippen molar-refractivity contribution in [3.05, 3.63) is 66.1 Å². The van der Waals surface area contributed by atoms with Gasteiger partial charge in [-0.05, 0) is 35.9 Å². The van der Waals surface area contributed by atoms with E-state index in [2.05, 4.69) is 38.3 Å². The van der Waals surface area contributed by atoms with Crippen molar-refractivity contribution in [3.8, 4) is 17.3 Å². The Hall–Kier alpha value is -4.22. The fourth-order valence-corrected chi connectivity index (χ4v) is 5.56. The number of anilines is 3. The van der Waals surface area contributed by atoms with Crippen LogP contribution in [0.15, 0.2) is 48.9 Å². The molecule has 2 fully saturated rings. The van der Waals surface area contributed by atoms with E-state index in [-0.39, 0.29) is 48.1 Å². The maximum atomic E-state index is 15.2. The van der Waals surface area contributed by atoms with Crippen LogP contribution in [0.25, 0.3) is 16.8 Å². The van der Waals surface area contributed by atoms with Gasteiger partial charge in [-0.15, -0.1) is 0 Å². The Morgan fingerprint density at radius 3 is 2.69 bits per heavy atom. The highest BCUT2D eigenvalue weighted by Gasteiger charge is 2.39. The SMILES string of the molecule is CC1CN(c2ccncc2Nc2ncc3ccc(-c4c(F)cc(C5(O)COC5)cc4F)nn23)CC(N)C1OCCC#N. The third-order valence-corrected chi connectivity index (χ3v) is 7.73. The molecule has 3 aromatic heterocycles. The van der Waals surface area contributed by atoms with Crippen LogP contribution in [0.4, 0.5) is 26.1 Å². The van der Waals surface area contributed by atoms with E-state index < -0.39 is 17.2 Å². The molecule has 4 aromatic rings. The second kappa shape index (κ2) is 11.2. The molecule has 3 atom stereocenters. The number of hydrogen-bond donors (Lipinski definition) is 3. The monoisotopic (exact) mass is 576 g/mol. The molecule has 2 saturated heterocycles. The van der Waals surface area contributed by atoms with Crippen LogP contribution in [0, 0.1) is 28.9 Å². The van der Waals surface area contributed by atoms with Crippen LogP contribution in [0.2, 0.25) is 0 Å². The summed E-state index contributed by atoms with van der Waals surface area (Å²) in [5.74, 6) is -1.25. The third kappa shape index (κ3) is 5.14. The van der Waals surface area contributed by atoms with Gasteiger partial charge in [0.05, 0.1) is 79.0 Å². The number of rotatable bonds is 8. The maximum absolute atomic E-state index is 15.2. The number of aromatic nitrogens is 4. The Morgan fingerprint density at radius 2 is 2.00 bits per heavy atom. The number of benzene rings is 1. The lowest BCUT2D eigenvalue weighted by Gasteiger charge is -2.42. The van der Waals surface area contributed by atoms with Gasteiger partial charge in [0.15, 0.2) is 0 Å². The zero-order valence-corrected chi connectivity index (χ0v) is 22.9. The van der Waals surface area contributed by atoms with E-state index in [4.69, 9.17) is 20.5 Å². The fraction of sp³-hybridized carbons (Fsp3) is 0.379. The Morgan fingerprint density at radius 1 is 1.21 bits per heavy atom. The number of hydrogen-bond acceptors (Lipinski definition) is 10. The molecular weight excluding hydrogens is 546 g/mol. The predicted octanol–water partition coefficient (Wildman–Crippen LogP) is 3.11. The van der Waals surface area contributed by atoms with E-state index >= 15 is 8.78 Å². The molecule has 0 amide bonds. The number of nitrogens with zero attached hydrogens (tertiary/aromatic N) is 6. The normalized spacial score (nSPS) is 21.6. The lowest BCUT2D eigenvalue weighted by atomic mass is 9.90. The minimum absolute atomic E-state index is 0.0190. The molecule has 0 bridgehead atoms. The van der Waals surface area contributed by atoms with Gasteiger partial charge in [-0.2, -0.15) is 14.9 Å². The number of nitrogens with two attached hydrogens (primary N) is 1. The number of fused-ring (bicyclic) bond motifs is 1. The summed E-state index contributed by atoms with van der Waals surface area (Å²) in [6.45, 7) is 3.57. The number of pyridine rings is 1. The van der Waals surface area contributed by atoms with Crippen LogP contribution in [-0.4, -0.2) is 69.7 Å². The van der Waals surface area contributed by atoms with Gasteiger partial charge in [0.25, 0.3) is 0 Å². The van der Waals surface area contributed by atoms with E-state index in [1.165, 1.54) is 10.6 Å². The van der Waals surface area contributed by atoms with Crippen molar-refractivity contribution < 1.29 is 23.4 Å². The first-order valence-corrected chi connectivity index (χ1v) is 13.6. The van der Waals surface area contributed by atoms with E-state index in [1.54, 1.807) is 24.7 Å². The lowest BCUT2D eigenvalue weighted by molar-refractivity contribution is -0.184. The van der Waals surface area contributed by atoms with Gasteiger partial charge in [0.2, 0.25) is 5.95 Å². The summed E-state index contributed by atoms with van der Waals surface area (Å²) < 4.78 is 42.7. The number of halogens is 2. The van der Waals surface area contributed by atoms with Gasteiger partial charge in [0.1, 0.15) is 17.2 Å². The molecule has 42 heavy (non-hydrogen) atoms. The molecule has 2 aliphatic heterocycles. The van der Waals surface area contributed by atoms with E-state index in [9.17, 15) is 5.11 Å². The molecule has 0 saturated carbocycles. The highest BCUT2D eigenvalue weighted by atomic mass is 19.1. The molecule has 6 rings (SSSR count). The minimum Gasteiger partial charge on any atom is -0.380 e. The topological polar surface area (TPSA) is 147 Å². The minimum atomic E-state index is -1.40. The number of nitrogens with one attached hydrogen (secondary N) is 1. The number of aliphatic hydroxyl groups is 1. The second-order valence-corrected chi connectivity index (χ2v) is 10.8. The molecule has 1 aromatic carbocycles. The van der Waals surface area contributed by atoms with Gasteiger partial charge in [-0.25, -0.2) is 13.8 Å². The second-order valence-electron chi connectivity index (χ2n) is 10.8. The summed E-state index contributed by atoms with van der Waals surface area (Å²) in [7, 11) is 0. The molecule has 0 spiro atoms. The number of ether oxygens (including phenoxy) is 2. The fourth-order valence-electron chi connectivity index (χ4n) is 5.56. The predicted molar refractivity (Wildman–Crippen MR) is 150 cm³/mol. The summed E-state index contributed by atoms with van der Waals surface area (Å²) in [5.41, 5.74) is 7.06. The Balaban J connectivity index is 1.27. The summed E-state index contributed by atoms with van der Waals surface area (Å²) in [6.07, 6.45) is 5.10. The molecular formula is C29H30F2N8O3. The van der Waals surface area contributed by atoms with Gasteiger partial charge in [-0.1, -0.05) is 6.92 Å². The molecule has 13 heteroatoms.